The minimum absolute atomic E-state index is 0.248. The molecule has 1 N–H and O–H groups in total. The largest absolute Gasteiger partial charge is 0.444 e. The van der Waals surface area contributed by atoms with Crippen LogP contribution in [0.25, 0.3) is 0 Å². The Hall–Kier alpha value is -0.810. The first-order chi connectivity index (χ1) is 9.38. The van der Waals surface area contributed by atoms with Crippen molar-refractivity contribution in [3.05, 3.63) is 0 Å². The molecule has 0 radical (unpaired) electrons. The SMILES string of the molecule is CN(CCCNCC1CCOCC1)C(=O)OC(C)(C)C. The molecule has 20 heavy (non-hydrogen) atoms. The maximum Gasteiger partial charge on any atom is 0.410 e. The topological polar surface area (TPSA) is 50.8 Å². The van der Waals surface area contributed by atoms with Crippen molar-refractivity contribution < 1.29 is 14.3 Å². The summed E-state index contributed by atoms with van der Waals surface area (Å²) in [6, 6.07) is 0. The Morgan fingerprint density at radius 1 is 1.35 bits per heavy atom. The van der Waals surface area contributed by atoms with Crippen LogP contribution in [0, 0.1) is 5.92 Å². The van der Waals surface area contributed by atoms with Gasteiger partial charge in [-0.3, -0.25) is 0 Å². The van der Waals surface area contributed by atoms with Gasteiger partial charge in [-0.25, -0.2) is 4.79 Å². The van der Waals surface area contributed by atoms with E-state index in [1.54, 1.807) is 11.9 Å². The summed E-state index contributed by atoms with van der Waals surface area (Å²) in [5, 5.41) is 3.46. The first-order valence-corrected chi connectivity index (χ1v) is 7.61. The van der Waals surface area contributed by atoms with E-state index in [-0.39, 0.29) is 6.09 Å². The highest BCUT2D eigenvalue weighted by Crippen LogP contribution is 2.13. The Balaban J connectivity index is 2.03. The highest BCUT2D eigenvalue weighted by molar-refractivity contribution is 5.67. The van der Waals surface area contributed by atoms with E-state index in [1.807, 2.05) is 20.8 Å². The first kappa shape index (κ1) is 17.2. The summed E-state index contributed by atoms with van der Waals surface area (Å²) in [5.74, 6) is 0.743. The minimum atomic E-state index is -0.424. The smallest absolute Gasteiger partial charge is 0.410 e. The molecule has 5 nitrogen and oxygen atoms in total. The third-order valence-corrected chi connectivity index (χ3v) is 3.33. The molecule has 0 bridgehead atoms. The molecule has 1 aliphatic heterocycles. The average molecular weight is 286 g/mol. The van der Waals surface area contributed by atoms with Crippen LogP contribution in [0.4, 0.5) is 4.79 Å². The molecule has 1 aliphatic rings. The predicted octanol–water partition coefficient (Wildman–Crippen LogP) is 2.26. The van der Waals surface area contributed by atoms with E-state index in [1.165, 1.54) is 0 Å². The van der Waals surface area contributed by atoms with Crippen LogP contribution in [0.2, 0.25) is 0 Å². The number of amides is 1. The van der Waals surface area contributed by atoms with Gasteiger partial charge in [-0.05, 0) is 59.0 Å². The van der Waals surface area contributed by atoms with Gasteiger partial charge in [0, 0.05) is 26.8 Å². The Morgan fingerprint density at radius 3 is 2.60 bits per heavy atom. The summed E-state index contributed by atoms with van der Waals surface area (Å²) in [6.45, 7) is 10.2. The molecule has 1 amide bonds. The van der Waals surface area contributed by atoms with Crippen molar-refractivity contribution in [2.75, 3.05) is 39.9 Å². The van der Waals surface area contributed by atoms with Crippen LogP contribution in [0.3, 0.4) is 0 Å². The first-order valence-electron chi connectivity index (χ1n) is 7.61. The normalized spacial score (nSPS) is 17.0. The molecule has 0 aliphatic carbocycles. The number of nitrogens with one attached hydrogen (secondary N) is 1. The van der Waals surface area contributed by atoms with Crippen LogP contribution in [0.5, 0.6) is 0 Å². The molecule has 0 unspecified atom stereocenters. The van der Waals surface area contributed by atoms with E-state index < -0.39 is 5.60 Å². The van der Waals surface area contributed by atoms with Gasteiger partial charge in [-0.15, -0.1) is 0 Å². The van der Waals surface area contributed by atoms with E-state index in [2.05, 4.69) is 5.32 Å². The van der Waals surface area contributed by atoms with E-state index in [9.17, 15) is 4.79 Å². The molecule has 1 saturated heterocycles. The number of nitrogens with zero attached hydrogens (tertiary/aromatic N) is 1. The molecule has 5 heteroatoms. The van der Waals surface area contributed by atoms with Gasteiger partial charge in [0.05, 0.1) is 0 Å². The van der Waals surface area contributed by atoms with Crippen LogP contribution in [0.1, 0.15) is 40.0 Å². The highest BCUT2D eigenvalue weighted by atomic mass is 16.6. The van der Waals surface area contributed by atoms with Crippen molar-refractivity contribution >= 4 is 6.09 Å². The van der Waals surface area contributed by atoms with Crippen molar-refractivity contribution in [1.29, 1.82) is 0 Å². The van der Waals surface area contributed by atoms with Crippen LogP contribution < -0.4 is 5.32 Å². The van der Waals surface area contributed by atoms with Crippen LogP contribution >= 0.6 is 0 Å². The second-order valence-corrected chi connectivity index (χ2v) is 6.52. The lowest BCUT2D eigenvalue weighted by molar-refractivity contribution is 0.0296. The number of ether oxygens (including phenoxy) is 2. The van der Waals surface area contributed by atoms with Gasteiger partial charge < -0.3 is 19.7 Å². The molecule has 0 aromatic heterocycles. The van der Waals surface area contributed by atoms with Gasteiger partial charge in [0.15, 0.2) is 0 Å². The van der Waals surface area contributed by atoms with Crippen molar-refractivity contribution in [2.24, 2.45) is 5.92 Å². The quantitative estimate of drug-likeness (QED) is 0.761. The molecule has 0 spiro atoms. The molecule has 0 atom stereocenters. The van der Waals surface area contributed by atoms with Crippen LogP contribution in [-0.2, 0) is 9.47 Å². The molecule has 118 valence electrons. The molecule has 0 aromatic rings. The summed E-state index contributed by atoms with van der Waals surface area (Å²) in [7, 11) is 1.78. The van der Waals surface area contributed by atoms with Gasteiger partial charge >= 0.3 is 6.09 Å². The fourth-order valence-corrected chi connectivity index (χ4v) is 2.13. The van der Waals surface area contributed by atoms with Crippen molar-refractivity contribution in [2.45, 2.75) is 45.6 Å². The molecular formula is C15H30N2O3. The second-order valence-electron chi connectivity index (χ2n) is 6.52. The van der Waals surface area contributed by atoms with Crippen molar-refractivity contribution in [1.82, 2.24) is 10.2 Å². The summed E-state index contributed by atoms with van der Waals surface area (Å²) in [6.07, 6.45) is 3.01. The lowest BCUT2D eigenvalue weighted by Gasteiger charge is -2.25. The van der Waals surface area contributed by atoms with Crippen LogP contribution in [0.15, 0.2) is 0 Å². The molecule has 1 rings (SSSR count). The summed E-state index contributed by atoms with van der Waals surface area (Å²) >= 11 is 0. The van der Waals surface area contributed by atoms with Crippen molar-refractivity contribution in [3.8, 4) is 0 Å². The Kier molecular flexibility index (Phi) is 7.30. The number of rotatable bonds is 6. The molecule has 0 saturated carbocycles. The number of carbonyl (C=O) groups is 1. The van der Waals surface area contributed by atoms with Gasteiger partial charge in [0.2, 0.25) is 0 Å². The Bertz CT molecular complexity index is 283. The number of hydrogen-bond donors (Lipinski definition) is 1. The maximum atomic E-state index is 11.7. The zero-order chi connectivity index (χ0) is 15.0. The third kappa shape index (κ3) is 7.70. The fourth-order valence-electron chi connectivity index (χ4n) is 2.13. The third-order valence-electron chi connectivity index (χ3n) is 3.33. The fraction of sp³-hybridized carbons (Fsp3) is 0.933. The van der Waals surface area contributed by atoms with E-state index >= 15 is 0 Å². The zero-order valence-corrected chi connectivity index (χ0v) is 13.4. The monoisotopic (exact) mass is 286 g/mol. The molecular weight excluding hydrogens is 256 g/mol. The summed E-state index contributed by atoms with van der Waals surface area (Å²) in [5.41, 5.74) is -0.424. The molecule has 0 aromatic carbocycles. The van der Waals surface area contributed by atoms with Gasteiger partial charge in [0.25, 0.3) is 0 Å². The van der Waals surface area contributed by atoms with E-state index in [0.29, 0.717) is 0 Å². The standard InChI is InChI=1S/C15H30N2O3/c1-15(2,3)20-14(18)17(4)9-5-8-16-12-13-6-10-19-11-7-13/h13,16H,5-12H2,1-4H3. The summed E-state index contributed by atoms with van der Waals surface area (Å²) in [4.78, 5) is 13.4. The summed E-state index contributed by atoms with van der Waals surface area (Å²) < 4.78 is 10.6. The predicted molar refractivity (Wildman–Crippen MR) is 79.9 cm³/mol. The van der Waals surface area contributed by atoms with E-state index in [4.69, 9.17) is 9.47 Å². The van der Waals surface area contributed by atoms with Crippen molar-refractivity contribution in [3.63, 3.8) is 0 Å². The Labute approximate surface area is 123 Å². The van der Waals surface area contributed by atoms with E-state index in [0.717, 1.165) is 58.0 Å². The lowest BCUT2D eigenvalue weighted by Crippen LogP contribution is -2.36. The molecule has 1 fully saturated rings. The lowest BCUT2D eigenvalue weighted by atomic mass is 10.0. The maximum absolute atomic E-state index is 11.7. The minimum Gasteiger partial charge on any atom is -0.444 e. The Morgan fingerprint density at radius 2 is 2.00 bits per heavy atom. The van der Waals surface area contributed by atoms with Gasteiger partial charge in [-0.1, -0.05) is 0 Å². The average Bonchev–Trinajstić information content (AvgIpc) is 2.37. The second kappa shape index (κ2) is 8.47. The molecule has 1 heterocycles. The highest BCUT2D eigenvalue weighted by Gasteiger charge is 2.19. The van der Waals surface area contributed by atoms with Crippen LogP contribution in [-0.4, -0.2) is 56.5 Å². The number of hydrogen-bond acceptors (Lipinski definition) is 4. The van der Waals surface area contributed by atoms with Gasteiger partial charge in [0.1, 0.15) is 5.60 Å². The van der Waals surface area contributed by atoms with Gasteiger partial charge in [-0.2, -0.15) is 0 Å². The number of carbonyl (C=O) groups excluding carboxylic acids is 1. The zero-order valence-electron chi connectivity index (χ0n) is 13.4.